The fourth-order valence-corrected chi connectivity index (χ4v) is 0.296. The number of hydrogen-bond acceptors (Lipinski definition) is 3. The van der Waals surface area contributed by atoms with Gasteiger partial charge in [-0.1, -0.05) is 0 Å². The van der Waals surface area contributed by atoms with Crippen molar-refractivity contribution in [3.63, 3.8) is 0 Å². The van der Waals surface area contributed by atoms with Crippen molar-refractivity contribution >= 4 is 6.21 Å². The lowest BCUT2D eigenvalue weighted by Crippen LogP contribution is -2.15. The van der Waals surface area contributed by atoms with E-state index in [9.17, 15) is 0 Å². The third kappa shape index (κ3) is 7.17. The predicted molar refractivity (Wildman–Crippen MR) is 40.1 cm³/mol. The molecular weight excluding hydrogens is 114 g/mol. The van der Waals surface area contributed by atoms with Crippen LogP contribution in [-0.4, -0.2) is 12.3 Å². The molecule has 9 heavy (non-hydrogen) atoms. The Morgan fingerprint density at radius 2 is 2.22 bits per heavy atom. The topological polar surface area (TPSA) is 64.4 Å². The van der Waals surface area contributed by atoms with E-state index in [-0.39, 0.29) is 6.04 Å². The minimum absolute atomic E-state index is 0.000556. The van der Waals surface area contributed by atoms with Crippen molar-refractivity contribution < 1.29 is 0 Å². The van der Waals surface area contributed by atoms with Gasteiger partial charge in [0.1, 0.15) is 0 Å². The molecule has 0 fully saturated rings. The molecule has 4 N–H and O–H groups in total. The molecule has 3 heteroatoms. The monoisotopic (exact) mass is 127 g/mol. The first kappa shape index (κ1) is 8.17. The maximum absolute atomic E-state index is 5.36. The van der Waals surface area contributed by atoms with Crippen LogP contribution in [-0.2, 0) is 0 Å². The highest BCUT2D eigenvalue weighted by Gasteiger charge is 1.80. The van der Waals surface area contributed by atoms with E-state index in [1.807, 2.05) is 6.92 Å². The largest absolute Gasteiger partial charge is 0.401 e. The van der Waals surface area contributed by atoms with Gasteiger partial charge in [-0.25, -0.2) is 0 Å². The molecule has 0 saturated heterocycles. The Bertz CT molecular complexity index is 120. The van der Waals surface area contributed by atoms with Gasteiger partial charge in [0.25, 0.3) is 0 Å². The molecule has 0 aliphatic rings. The third-order valence-electron chi connectivity index (χ3n) is 0.599. The van der Waals surface area contributed by atoms with Crippen LogP contribution < -0.4 is 11.5 Å². The van der Waals surface area contributed by atoms with E-state index in [0.717, 1.165) is 0 Å². The lowest BCUT2D eigenvalue weighted by Gasteiger charge is -1.90. The summed E-state index contributed by atoms with van der Waals surface area (Å²) in [7, 11) is 0. The Balaban J connectivity index is 3.60. The van der Waals surface area contributed by atoms with E-state index >= 15 is 0 Å². The molecule has 0 aromatic heterocycles. The van der Waals surface area contributed by atoms with Gasteiger partial charge in [-0.05, 0) is 13.8 Å². The standard InChI is InChI=1S/C6H13N3/c1-5(7)3-9-4-6(2)8/h3-5H,7-8H2,1-2H3/b6-4-,9-3?. The van der Waals surface area contributed by atoms with Crippen molar-refractivity contribution in [1.82, 2.24) is 0 Å². The molecule has 0 spiro atoms. The lowest BCUT2D eigenvalue weighted by molar-refractivity contribution is 0.994. The van der Waals surface area contributed by atoms with Gasteiger partial charge in [-0.2, -0.15) is 0 Å². The number of nitrogens with two attached hydrogens (primary N) is 2. The van der Waals surface area contributed by atoms with Crippen molar-refractivity contribution in [1.29, 1.82) is 0 Å². The Hall–Kier alpha value is -0.830. The first-order valence-electron chi connectivity index (χ1n) is 2.84. The van der Waals surface area contributed by atoms with Crippen molar-refractivity contribution in [2.24, 2.45) is 16.5 Å². The van der Waals surface area contributed by atoms with Gasteiger partial charge >= 0.3 is 0 Å². The molecule has 0 saturated carbocycles. The maximum Gasteiger partial charge on any atom is 0.0449 e. The molecule has 0 bridgehead atoms. The van der Waals surface area contributed by atoms with Gasteiger partial charge in [-0.15, -0.1) is 0 Å². The van der Waals surface area contributed by atoms with Crippen molar-refractivity contribution in [3.05, 3.63) is 11.9 Å². The third-order valence-corrected chi connectivity index (χ3v) is 0.599. The fourth-order valence-electron chi connectivity index (χ4n) is 0.296. The predicted octanol–water partition coefficient (Wildman–Crippen LogP) is 0.224. The molecular formula is C6H13N3. The van der Waals surface area contributed by atoms with Gasteiger partial charge in [0.15, 0.2) is 0 Å². The van der Waals surface area contributed by atoms with E-state index in [4.69, 9.17) is 11.5 Å². The van der Waals surface area contributed by atoms with Crippen molar-refractivity contribution in [2.75, 3.05) is 0 Å². The number of nitrogens with zero attached hydrogens (tertiary/aromatic N) is 1. The van der Waals surface area contributed by atoms with Crippen LogP contribution in [0.2, 0.25) is 0 Å². The van der Waals surface area contributed by atoms with E-state index in [2.05, 4.69) is 4.99 Å². The van der Waals surface area contributed by atoms with Crippen LogP contribution in [0.4, 0.5) is 0 Å². The van der Waals surface area contributed by atoms with Crippen LogP contribution in [0.25, 0.3) is 0 Å². The highest BCUT2D eigenvalue weighted by molar-refractivity contribution is 5.63. The summed E-state index contributed by atoms with van der Waals surface area (Å²) in [6.07, 6.45) is 3.21. The molecule has 0 rings (SSSR count). The van der Waals surface area contributed by atoms with Crippen molar-refractivity contribution in [2.45, 2.75) is 19.9 Å². The Labute approximate surface area is 55.4 Å². The van der Waals surface area contributed by atoms with Gasteiger partial charge in [0, 0.05) is 24.2 Å². The summed E-state index contributed by atoms with van der Waals surface area (Å²) in [6, 6.07) is 0.000556. The molecule has 0 amide bonds. The van der Waals surface area contributed by atoms with Crippen LogP contribution in [0.15, 0.2) is 16.9 Å². The number of hydrogen-bond donors (Lipinski definition) is 2. The van der Waals surface area contributed by atoms with Gasteiger partial charge in [-0.3, -0.25) is 4.99 Å². The molecule has 0 aromatic carbocycles. The van der Waals surface area contributed by atoms with Crippen LogP contribution in [0.1, 0.15) is 13.8 Å². The zero-order valence-corrected chi connectivity index (χ0v) is 5.83. The average Bonchev–Trinajstić information content (AvgIpc) is 1.63. The molecule has 1 atom stereocenters. The summed E-state index contributed by atoms with van der Waals surface area (Å²) in [6.45, 7) is 3.63. The van der Waals surface area contributed by atoms with Crippen LogP contribution in [0.5, 0.6) is 0 Å². The van der Waals surface area contributed by atoms with E-state index in [1.54, 1.807) is 19.3 Å². The van der Waals surface area contributed by atoms with Crippen LogP contribution in [0.3, 0.4) is 0 Å². The second kappa shape index (κ2) is 4.09. The smallest absolute Gasteiger partial charge is 0.0449 e. The minimum atomic E-state index is 0.000556. The first-order chi connectivity index (χ1) is 4.13. The zero-order chi connectivity index (χ0) is 7.28. The van der Waals surface area contributed by atoms with Gasteiger partial charge in [0.2, 0.25) is 0 Å². The van der Waals surface area contributed by atoms with E-state index < -0.39 is 0 Å². The molecule has 1 unspecified atom stereocenters. The summed E-state index contributed by atoms with van der Waals surface area (Å²) in [5.74, 6) is 0. The summed E-state index contributed by atoms with van der Waals surface area (Å²) in [5.41, 5.74) is 11.3. The Morgan fingerprint density at radius 3 is 2.56 bits per heavy atom. The highest BCUT2D eigenvalue weighted by atomic mass is 14.7. The Kier molecular flexibility index (Phi) is 3.71. The molecule has 0 aliphatic heterocycles. The lowest BCUT2D eigenvalue weighted by atomic mass is 10.4. The molecule has 0 radical (unpaired) electrons. The fraction of sp³-hybridized carbons (Fsp3) is 0.500. The molecule has 0 heterocycles. The second-order valence-electron chi connectivity index (χ2n) is 2.03. The van der Waals surface area contributed by atoms with Crippen LogP contribution >= 0.6 is 0 Å². The number of rotatable bonds is 2. The zero-order valence-electron chi connectivity index (χ0n) is 5.83. The highest BCUT2D eigenvalue weighted by Crippen LogP contribution is 1.79. The summed E-state index contributed by atoms with van der Waals surface area (Å²) in [4.78, 5) is 3.83. The molecule has 0 aliphatic carbocycles. The van der Waals surface area contributed by atoms with Crippen molar-refractivity contribution in [3.8, 4) is 0 Å². The molecule has 52 valence electrons. The minimum Gasteiger partial charge on any atom is -0.401 e. The summed E-state index contributed by atoms with van der Waals surface area (Å²) >= 11 is 0. The first-order valence-corrected chi connectivity index (χ1v) is 2.84. The SMILES string of the molecule is C/C(N)=C/N=CC(C)N. The van der Waals surface area contributed by atoms with Gasteiger partial charge < -0.3 is 11.5 Å². The molecule has 3 nitrogen and oxygen atoms in total. The average molecular weight is 127 g/mol. The number of aliphatic imine (C=N–C) groups is 1. The Morgan fingerprint density at radius 1 is 1.67 bits per heavy atom. The summed E-state index contributed by atoms with van der Waals surface area (Å²) < 4.78 is 0. The molecule has 0 aromatic rings. The van der Waals surface area contributed by atoms with E-state index in [0.29, 0.717) is 5.70 Å². The normalized spacial score (nSPS) is 16.6. The van der Waals surface area contributed by atoms with E-state index in [1.165, 1.54) is 0 Å². The summed E-state index contributed by atoms with van der Waals surface area (Å²) in [5, 5.41) is 0. The quantitative estimate of drug-likeness (QED) is 0.521. The maximum atomic E-state index is 5.36. The van der Waals surface area contributed by atoms with Crippen LogP contribution in [0, 0.1) is 0 Å². The second-order valence-corrected chi connectivity index (χ2v) is 2.03. The van der Waals surface area contributed by atoms with Gasteiger partial charge in [0.05, 0.1) is 0 Å². The number of allylic oxidation sites excluding steroid dienone is 1.